The Morgan fingerprint density at radius 3 is 2.30 bits per heavy atom. The molecule has 2 aromatic carbocycles. The van der Waals surface area contributed by atoms with Crippen LogP contribution in [0.25, 0.3) is 5.57 Å². The Bertz CT molecular complexity index is 1020. The molecule has 0 bridgehead atoms. The fraction of sp³-hybridized carbons (Fsp3) is 0.531. The summed E-state index contributed by atoms with van der Waals surface area (Å²) < 4.78 is 0. The molecule has 0 amide bonds. The van der Waals surface area contributed by atoms with Gasteiger partial charge in [0.05, 0.1) is 0 Å². The Balaban J connectivity index is 2.08. The molecule has 0 heterocycles. The summed E-state index contributed by atoms with van der Waals surface area (Å²) in [7, 11) is 0. The maximum atomic E-state index is 14.0. The maximum Gasteiger partial charge on any atom is 0.193 e. The van der Waals surface area contributed by atoms with Crippen LogP contribution < -0.4 is 0 Å². The molecule has 2 atom stereocenters. The lowest BCUT2D eigenvalue weighted by atomic mass is 9.65. The minimum Gasteiger partial charge on any atom is -0.289 e. The SMILES string of the molecule is CC(C)=C(C)c1ccc(C2CCC[C@@](C)(CC(C)C)C2)cc1C(=O)c1ccccc1C(C)C. The molecule has 0 aliphatic heterocycles. The van der Waals surface area contributed by atoms with Crippen molar-refractivity contribution in [2.75, 3.05) is 0 Å². The lowest BCUT2D eigenvalue weighted by Crippen LogP contribution is -2.26. The largest absolute Gasteiger partial charge is 0.289 e. The standard InChI is InChI=1S/C32H44O/c1-21(2)19-32(8)17-11-12-26(20-32)25-15-16-28(24(7)22(3)4)30(18-25)31(33)29-14-10-9-13-27(29)23(5)6/h9-10,13-16,18,21,23,26H,11-12,17,19-20H2,1-8H3/t26?,32-/m0/s1. The van der Waals surface area contributed by atoms with Crippen molar-refractivity contribution in [3.05, 3.63) is 75.9 Å². The fourth-order valence-electron chi connectivity index (χ4n) is 5.98. The van der Waals surface area contributed by atoms with Crippen molar-refractivity contribution in [3.8, 4) is 0 Å². The third-order valence-electron chi connectivity index (χ3n) is 7.71. The van der Waals surface area contributed by atoms with E-state index in [0.717, 1.165) is 28.2 Å². The van der Waals surface area contributed by atoms with E-state index in [1.165, 1.54) is 48.8 Å². The van der Waals surface area contributed by atoms with Crippen LogP contribution in [0.2, 0.25) is 0 Å². The van der Waals surface area contributed by atoms with E-state index in [0.29, 0.717) is 17.3 Å². The normalized spacial score (nSPS) is 20.8. The van der Waals surface area contributed by atoms with Gasteiger partial charge in [0.1, 0.15) is 0 Å². The summed E-state index contributed by atoms with van der Waals surface area (Å²) in [5.74, 6) is 1.74. The molecule has 1 aliphatic carbocycles. The highest BCUT2D eigenvalue weighted by molar-refractivity contribution is 6.12. The molecule has 1 aliphatic rings. The number of hydrogen-bond donors (Lipinski definition) is 0. The summed E-state index contributed by atoms with van der Waals surface area (Å²) in [5, 5.41) is 0. The van der Waals surface area contributed by atoms with Crippen molar-refractivity contribution in [1.82, 2.24) is 0 Å². The van der Waals surface area contributed by atoms with Crippen LogP contribution in [0.3, 0.4) is 0 Å². The number of hydrogen-bond acceptors (Lipinski definition) is 1. The van der Waals surface area contributed by atoms with E-state index in [4.69, 9.17) is 0 Å². The third kappa shape index (κ3) is 5.86. The number of carbonyl (C=O) groups excluding carboxylic acids is 1. The molecule has 2 aromatic rings. The summed E-state index contributed by atoms with van der Waals surface area (Å²) in [6.07, 6.45) is 6.34. The van der Waals surface area contributed by atoms with Gasteiger partial charge in [-0.3, -0.25) is 4.79 Å². The Kier molecular flexibility index (Phi) is 8.04. The number of benzene rings is 2. The van der Waals surface area contributed by atoms with Gasteiger partial charge >= 0.3 is 0 Å². The molecule has 0 aromatic heterocycles. The Morgan fingerprint density at radius 2 is 1.67 bits per heavy atom. The van der Waals surface area contributed by atoms with Crippen LogP contribution in [0.4, 0.5) is 0 Å². The molecular formula is C32H44O. The first kappa shape index (κ1) is 25.5. The van der Waals surface area contributed by atoms with Crippen LogP contribution in [-0.4, -0.2) is 5.78 Å². The van der Waals surface area contributed by atoms with Crippen LogP contribution in [0, 0.1) is 11.3 Å². The number of allylic oxidation sites excluding steroid dienone is 2. The number of carbonyl (C=O) groups is 1. The van der Waals surface area contributed by atoms with Gasteiger partial charge in [-0.1, -0.05) is 83.0 Å². The zero-order chi connectivity index (χ0) is 24.3. The molecule has 0 N–H and O–H groups in total. The summed E-state index contributed by atoms with van der Waals surface area (Å²) in [5.41, 5.74) is 8.16. The Morgan fingerprint density at radius 1 is 0.970 bits per heavy atom. The highest BCUT2D eigenvalue weighted by Crippen LogP contribution is 2.47. The second-order valence-electron chi connectivity index (χ2n) is 11.7. The van der Waals surface area contributed by atoms with Gasteiger partial charge in [-0.15, -0.1) is 0 Å². The molecule has 0 radical (unpaired) electrons. The monoisotopic (exact) mass is 444 g/mol. The number of rotatable bonds is 7. The quantitative estimate of drug-likeness (QED) is 0.388. The molecule has 1 heteroatoms. The first-order valence-electron chi connectivity index (χ1n) is 12.9. The van der Waals surface area contributed by atoms with E-state index in [2.05, 4.69) is 79.7 Å². The predicted molar refractivity (Wildman–Crippen MR) is 143 cm³/mol. The summed E-state index contributed by atoms with van der Waals surface area (Å²) in [4.78, 5) is 14.0. The van der Waals surface area contributed by atoms with Crippen molar-refractivity contribution >= 4 is 11.4 Å². The van der Waals surface area contributed by atoms with Crippen LogP contribution in [0.15, 0.2) is 48.0 Å². The van der Waals surface area contributed by atoms with Gasteiger partial charge in [-0.2, -0.15) is 0 Å². The Hall–Kier alpha value is -2.15. The minimum absolute atomic E-state index is 0.164. The molecule has 3 rings (SSSR count). The third-order valence-corrected chi connectivity index (χ3v) is 7.71. The zero-order valence-electron chi connectivity index (χ0n) is 22.2. The van der Waals surface area contributed by atoms with Crippen molar-refractivity contribution in [1.29, 1.82) is 0 Å². The van der Waals surface area contributed by atoms with Crippen LogP contribution >= 0.6 is 0 Å². The second kappa shape index (κ2) is 10.4. The van der Waals surface area contributed by atoms with E-state index in [1.807, 2.05) is 18.2 Å². The van der Waals surface area contributed by atoms with Gasteiger partial charge in [0.15, 0.2) is 5.78 Å². The van der Waals surface area contributed by atoms with E-state index in [-0.39, 0.29) is 5.78 Å². The van der Waals surface area contributed by atoms with Gasteiger partial charge in [0.25, 0.3) is 0 Å². The maximum absolute atomic E-state index is 14.0. The summed E-state index contributed by atoms with van der Waals surface area (Å²) in [6, 6.07) is 14.9. The smallest absolute Gasteiger partial charge is 0.193 e. The van der Waals surface area contributed by atoms with Gasteiger partial charge in [0.2, 0.25) is 0 Å². The lowest BCUT2D eigenvalue weighted by molar-refractivity contribution is 0.103. The molecule has 0 spiro atoms. The molecule has 1 unspecified atom stereocenters. The predicted octanol–water partition coefficient (Wildman–Crippen LogP) is 9.56. The molecule has 178 valence electrons. The summed E-state index contributed by atoms with van der Waals surface area (Å²) in [6.45, 7) is 17.9. The van der Waals surface area contributed by atoms with Crippen molar-refractivity contribution in [3.63, 3.8) is 0 Å². The molecule has 1 saturated carbocycles. The average Bonchev–Trinajstić information content (AvgIpc) is 2.76. The Labute approximate surface area is 202 Å². The van der Waals surface area contributed by atoms with Crippen LogP contribution in [0.5, 0.6) is 0 Å². The molecular weight excluding hydrogens is 400 g/mol. The van der Waals surface area contributed by atoms with Crippen molar-refractivity contribution in [2.45, 2.75) is 99.3 Å². The first-order valence-corrected chi connectivity index (χ1v) is 12.9. The van der Waals surface area contributed by atoms with Gasteiger partial charge in [-0.05, 0) is 98.0 Å². The molecule has 0 saturated heterocycles. The van der Waals surface area contributed by atoms with Gasteiger partial charge in [0, 0.05) is 11.1 Å². The van der Waals surface area contributed by atoms with Crippen LogP contribution in [0.1, 0.15) is 132 Å². The van der Waals surface area contributed by atoms with E-state index >= 15 is 0 Å². The van der Waals surface area contributed by atoms with Gasteiger partial charge in [-0.25, -0.2) is 0 Å². The molecule has 1 fully saturated rings. The lowest BCUT2D eigenvalue weighted by Gasteiger charge is -2.40. The number of ketones is 1. The molecule has 1 nitrogen and oxygen atoms in total. The average molecular weight is 445 g/mol. The minimum atomic E-state index is 0.164. The van der Waals surface area contributed by atoms with Gasteiger partial charge < -0.3 is 0 Å². The molecule has 33 heavy (non-hydrogen) atoms. The van der Waals surface area contributed by atoms with Crippen molar-refractivity contribution in [2.24, 2.45) is 11.3 Å². The fourth-order valence-corrected chi connectivity index (χ4v) is 5.98. The zero-order valence-corrected chi connectivity index (χ0v) is 22.2. The second-order valence-corrected chi connectivity index (χ2v) is 11.7. The van der Waals surface area contributed by atoms with E-state index in [9.17, 15) is 4.79 Å². The topological polar surface area (TPSA) is 17.1 Å². The van der Waals surface area contributed by atoms with E-state index < -0.39 is 0 Å². The summed E-state index contributed by atoms with van der Waals surface area (Å²) >= 11 is 0. The highest BCUT2D eigenvalue weighted by Gasteiger charge is 2.34. The van der Waals surface area contributed by atoms with E-state index in [1.54, 1.807) is 0 Å². The highest BCUT2D eigenvalue weighted by atomic mass is 16.1. The first-order chi connectivity index (χ1) is 15.5. The van der Waals surface area contributed by atoms with Crippen LogP contribution in [-0.2, 0) is 0 Å². The van der Waals surface area contributed by atoms with Crippen molar-refractivity contribution < 1.29 is 4.79 Å².